The minimum absolute atomic E-state index is 0.0838. The van der Waals surface area contributed by atoms with Crippen molar-refractivity contribution in [1.82, 2.24) is 0 Å². The molecule has 4 rings (SSSR count). The van der Waals surface area contributed by atoms with Crippen molar-refractivity contribution in [2.75, 3.05) is 4.90 Å². The van der Waals surface area contributed by atoms with Crippen molar-refractivity contribution in [3.8, 4) is 0 Å². The Morgan fingerprint density at radius 1 is 0.885 bits per heavy atom. The molecule has 26 heavy (non-hydrogen) atoms. The van der Waals surface area contributed by atoms with Crippen molar-refractivity contribution in [2.45, 2.75) is 38.0 Å². The fourth-order valence-corrected chi connectivity index (χ4v) is 3.91. The first kappa shape index (κ1) is 16.4. The van der Waals surface area contributed by atoms with Gasteiger partial charge in [0.25, 0.3) is 17.5 Å². The van der Waals surface area contributed by atoms with E-state index in [1.54, 1.807) is 12.1 Å². The van der Waals surface area contributed by atoms with Crippen LogP contribution in [0.5, 0.6) is 0 Å². The molecular formula is C20H18N2O4. The van der Waals surface area contributed by atoms with E-state index in [1.807, 2.05) is 12.1 Å². The molecule has 0 spiro atoms. The maximum atomic E-state index is 12.7. The molecule has 6 heteroatoms. The molecule has 2 aliphatic rings. The molecule has 0 aromatic heterocycles. The van der Waals surface area contributed by atoms with Gasteiger partial charge in [0.1, 0.15) is 0 Å². The summed E-state index contributed by atoms with van der Waals surface area (Å²) in [7, 11) is 0. The van der Waals surface area contributed by atoms with E-state index < -0.39 is 16.7 Å². The SMILES string of the molecule is O=C1c2ccc([N+](=O)[O-])cc2C(=O)N1c1ccc(C2CCCCC2)cc1. The van der Waals surface area contributed by atoms with Crippen LogP contribution >= 0.6 is 0 Å². The van der Waals surface area contributed by atoms with Crippen LogP contribution in [0, 0.1) is 10.1 Å². The van der Waals surface area contributed by atoms with E-state index in [9.17, 15) is 19.7 Å². The van der Waals surface area contributed by atoms with Crippen LogP contribution in [0.4, 0.5) is 11.4 Å². The van der Waals surface area contributed by atoms with Gasteiger partial charge in [-0.1, -0.05) is 31.4 Å². The molecule has 2 aromatic rings. The number of nitro benzene ring substituents is 1. The number of amides is 2. The average molecular weight is 350 g/mol. The topological polar surface area (TPSA) is 80.5 Å². The Morgan fingerprint density at radius 2 is 1.54 bits per heavy atom. The summed E-state index contributed by atoms with van der Waals surface area (Å²) in [6.07, 6.45) is 6.12. The summed E-state index contributed by atoms with van der Waals surface area (Å²) in [5.41, 5.74) is 1.83. The molecule has 0 radical (unpaired) electrons. The number of rotatable bonds is 3. The van der Waals surface area contributed by atoms with Crippen molar-refractivity contribution in [3.63, 3.8) is 0 Å². The number of hydrogen-bond acceptors (Lipinski definition) is 4. The van der Waals surface area contributed by atoms with Crippen LogP contribution in [0.2, 0.25) is 0 Å². The highest BCUT2D eigenvalue weighted by atomic mass is 16.6. The Labute approximate surface area is 150 Å². The number of non-ortho nitro benzene ring substituents is 1. The molecule has 0 bridgehead atoms. The first-order valence-electron chi connectivity index (χ1n) is 8.83. The molecule has 0 N–H and O–H groups in total. The first-order chi connectivity index (χ1) is 12.6. The highest BCUT2D eigenvalue weighted by Crippen LogP contribution is 2.35. The molecule has 1 aliphatic heterocycles. The van der Waals surface area contributed by atoms with Gasteiger partial charge in [0.2, 0.25) is 0 Å². The molecule has 1 aliphatic carbocycles. The van der Waals surface area contributed by atoms with Crippen molar-refractivity contribution in [2.24, 2.45) is 0 Å². The second kappa shape index (κ2) is 6.37. The lowest BCUT2D eigenvalue weighted by Crippen LogP contribution is -2.29. The minimum atomic E-state index is -0.570. The summed E-state index contributed by atoms with van der Waals surface area (Å²) in [5.74, 6) is -0.410. The Hall–Kier alpha value is -3.02. The quantitative estimate of drug-likeness (QED) is 0.465. The lowest BCUT2D eigenvalue weighted by molar-refractivity contribution is -0.384. The van der Waals surface area contributed by atoms with Crippen LogP contribution < -0.4 is 4.90 Å². The van der Waals surface area contributed by atoms with Gasteiger partial charge < -0.3 is 0 Å². The van der Waals surface area contributed by atoms with Gasteiger partial charge >= 0.3 is 0 Å². The zero-order chi connectivity index (χ0) is 18.3. The molecule has 0 atom stereocenters. The standard InChI is InChI=1S/C20H18N2O4/c23-19-17-11-10-16(22(25)26)12-18(17)20(24)21(19)15-8-6-14(7-9-15)13-4-2-1-3-5-13/h6-13H,1-5H2. The van der Waals surface area contributed by atoms with Gasteiger partial charge in [-0.15, -0.1) is 0 Å². The molecule has 2 aromatic carbocycles. The predicted octanol–water partition coefficient (Wildman–Crippen LogP) is 4.44. The smallest absolute Gasteiger partial charge is 0.268 e. The van der Waals surface area contributed by atoms with Crippen LogP contribution in [0.25, 0.3) is 0 Å². The summed E-state index contributed by atoms with van der Waals surface area (Å²) in [6.45, 7) is 0. The number of benzene rings is 2. The van der Waals surface area contributed by atoms with Crippen LogP contribution in [-0.4, -0.2) is 16.7 Å². The second-order valence-electron chi connectivity index (χ2n) is 6.86. The molecule has 0 saturated heterocycles. The highest BCUT2D eigenvalue weighted by molar-refractivity contribution is 6.34. The number of imide groups is 1. The van der Waals surface area contributed by atoms with Crippen molar-refractivity contribution in [3.05, 3.63) is 69.3 Å². The number of carbonyl (C=O) groups excluding carboxylic acids is 2. The summed E-state index contributed by atoms with van der Waals surface area (Å²) >= 11 is 0. The zero-order valence-corrected chi connectivity index (χ0v) is 14.2. The molecule has 1 saturated carbocycles. The Bertz CT molecular complexity index is 899. The third kappa shape index (κ3) is 2.67. The Balaban J connectivity index is 1.63. The van der Waals surface area contributed by atoms with Crippen LogP contribution in [0.3, 0.4) is 0 Å². The fourth-order valence-electron chi connectivity index (χ4n) is 3.91. The zero-order valence-electron chi connectivity index (χ0n) is 14.2. The maximum Gasteiger partial charge on any atom is 0.270 e. The van der Waals surface area contributed by atoms with Gasteiger partial charge in [0, 0.05) is 12.1 Å². The van der Waals surface area contributed by atoms with E-state index in [2.05, 4.69) is 0 Å². The number of fused-ring (bicyclic) bond motifs is 1. The number of anilines is 1. The summed E-state index contributed by atoms with van der Waals surface area (Å²) in [6, 6.07) is 11.3. The van der Waals surface area contributed by atoms with Gasteiger partial charge in [-0.25, -0.2) is 4.90 Å². The van der Waals surface area contributed by atoms with Crippen molar-refractivity contribution in [1.29, 1.82) is 0 Å². The molecule has 1 heterocycles. The molecular weight excluding hydrogens is 332 g/mol. The largest absolute Gasteiger partial charge is 0.270 e. The molecule has 132 valence electrons. The van der Waals surface area contributed by atoms with Crippen molar-refractivity contribution >= 4 is 23.2 Å². The third-order valence-corrected chi connectivity index (χ3v) is 5.31. The fraction of sp³-hybridized carbons (Fsp3) is 0.300. The lowest BCUT2D eigenvalue weighted by atomic mass is 9.84. The number of nitro groups is 1. The van der Waals surface area contributed by atoms with Gasteiger partial charge in [-0.05, 0) is 42.5 Å². The van der Waals surface area contributed by atoms with E-state index >= 15 is 0 Å². The first-order valence-corrected chi connectivity index (χ1v) is 8.83. The molecule has 0 unspecified atom stereocenters. The maximum absolute atomic E-state index is 12.7. The summed E-state index contributed by atoms with van der Waals surface area (Å²) in [5, 5.41) is 10.9. The summed E-state index contributed by atoms with van der Waals surface area (Å²) < 4.78 is 0. The number of carbonyl (C=O) groups is 2. The van der Waals surface area contributed by atoms with E-state index in [-0.39, 0.29) is 16.8 Å². The number of nitrogens with zero attached hydrogens (tertiary/aromatic N) is 2. The second-order valence-corrected chi connectivity index (χ2v) is 6.86. The monoisotopic (exact) mass is 350 g/mol. The van der Waals surface area contributed by atoms with Gasteiger partial charge in [0.05, 0.1) is 21.7 Å². The predicted molar refractivity (Wildman–Crippen MR) is 96.5 cm³/mol. The van der Waals surface area contributed by atoms with Crippen molar-refractivity contribution < 1.29 is 14.5 Å². The third-order valence-electron chi connectivity index (χ3n) is 5.31. The Kier molecular flexibility index (Phi) is 4.03. The molecule has 2 amide bonds. The van der Waals surface area contributed by atoms with Gasteiger partial charge in [-0.3, -0.25) is 19.7 Å². The minimum Gasteiger partial charge on any atom is -0.268 e. The van der Waals surface area contributed by atoms with E-state index in [1.165, 1.54) is 55.9 Å². The molecule has 1 fully saturated rings. The molecule has 6 nitrogen and oxygen atoms in total. The number of hydrogen-bond donors (Lipinski definition) is 0. The Morgan fingerprint density at radius 3 is 2.19 bits per heavy atom. The van der Waals surface area contributed by atoms with Crippen LogP contribution in [-0.2, 0) is 0 Å². The summed E-state index contributed by atoms with van der Waals surface area (Å²) in [4.78, 5) is 36.7. The normalized spacial score (nSPS) is 17.5. The van der Waals surface area contributed by atoms with Gasteiger partial charge in [-0.2, -0.15) is 0 Å². The average Bonchev–Trinajstić information content (AvgIpc) is 2.93. The van der Waals surface area contributed by atoms with E-state index in [0.717, 1.165) is 4.90 Å². The highest BCUT2D eigenvalue weighted by Gasteiger charge is 2.37. The van der Waals surface area contributed by atoms with Gasteiger partial charge in [0.15, 0.2) is 0 Å². The van der Waals surface area contributed by atoms with Crippen LogP contribution in [0.15, 0.2) is 42.5 Å². The lowest BCUT2D eigenvalue weighted by Gasteiger charge is -2.22. The van der Waals surface area contributed by atoms with Crippen LogP contribution in [0.1, 0.15) is 64.3 Å². The van der Waals surface area contributed by atoms with E-state index in [4.69, 9.17) is 0 Å². The van der Waals surface area contributed by atoms with E-state index in [0.29, 0.717) is 11.6 Å².